The van der Waals surface area contributed by atoms with Gasteiger partial charge < -0.3 is 19.8 Å². The normalized spacial score (nSPS) is 20.7. The summed E-state index contributed by atoms with van der Waals surface area (Å²) in [6.07, 6.45) is 2.87. The number of rotatable bonds is 4. The highest BCUT2D eigenvalue weighted by Crippen LogP contribution is 2.40. The Morgan fingerprint density at radius 1 is 1.36 bits per heavy atom. The first-order valence-corrected chi connectivity index (χ1v) is 7.80. The quantitative estimate of drug-likeness (QED) is 0.887. The molecule has 2 heterocycles. The molecule has 7 nitrogen and oxygen atoms in total. The molecule has 1 saturated carbocycles. The highest BCUT2D eigenvalue weighted by molar-refractivity contribution is 5.92. The smallest absolute Gasteiger partial charge is 0.407 e. The number of piperidine rings is 1. The van der Waals surface area contributed by atoms with Gasteiger partial charge in [0.25, 0.3) is 5.91 Å². The second kappa shape index (κ2) is 5.98. The van der Waals surface area contributed by atoms with Crippen LogP contribution in [0.15, 0.2) is 10.6 Å². The van der Waals surface area contributed by atoms with Crippen molar-refractivity contribution in [1.29, 1.82) is 0 Å². The van der Waals surface area contributed by atoms with Gasteiger partial charge in [-0.3, -0.25) is 4.79 Å². The third-order valence-corrected chi connectivity index (χ3v) is 4.62. The maximum atomic E-state index is 12.2. The fourth-order valence-corrected chi connectivity index (χ4v) is 2.95. The maximum Gasteiger partial charge on any atom is 0.407 e. The summed E-state index contributed by atoms with van der Waals surface area (Å²) in [5.41, 5.74) is 0.330. The minimum Gasteiger partial charge on any atom is -0.465 e. The molecule has 0 bridgehead atoms. The van der Waals surface area contributed by atoms with Gasteiger partial charge in [0.15, 0.2) is 5.69 Å². The molecule has 2 N–H and O–H groups in total. The molecule has 120 valence electrons. The molecule has 2 amide bonds. The lowest BCUT2D eigenvalue weighted by atomic mass is 9.90. The van der Waals surface area contributed by atoms with Gasteiger partial charge in [-0.1, -0.05) is 5.16 Å². The molecule has 0 aromatic carbocycles. The first kappa shape index (κ1) is 14.9. The van der Waals surface area contributed by atoms with Gasteiger partial charge in [0.05, 0.1) is 0 Å². The van der Waals surface area contributed by atoms with Crippen LogP contribution in [0.2, 0.25) is 0 Å². The van der Waals surface area contributed by atoms with E-state index >= 15 is 0 Å². The third-order valence-electron chi connectivity index (χ3n) is 4.62. The van der Waals surface area contributed by atoms with E-state index in [1.54, 1.807) is 6.07 Å². The van der Waals surface area contributed by atoms with E-state index in [4.69, 9.17) is 9.63 Å². The molecule has 1 aliphatic carbocycles. The maximum absolute atomic E-state index is 12.2. The minimum atomic E-state index is -0.870. The molecule has 2 fully saturated rings. The summed E-state index contributed by atoms with van der Waals surface area (Å²) in [6.45, 7) is 3.01. The van der Waals surface area contributed by atoms with E-state index in [1.165, 1.54) is 4.90 Å². The van der Waals surface area contributed by atoms with Crippen LogP contribution in [0.1, 0.15) is 54.8 Å². The number of carbonyl (C=O) groups excluding carboxylic acids is 1. The van der Waals surface area contributed by atoms with Gasteiger partial charge in [-0.05, 0) is 38.5 Å². The van der Waals surface area contributed by atoms with Gasteiger partial charge in [-0.15, -0.1) is 0 Å². The predicted octanol–water partition coefficient (Wildman–Crippen LogP) is 2.06. The summed E-state index contributed by atoms with van der Waals surface area (Å²) in [6, 6.07) is 1.72. The summed E-state index contributed by atoms with van der Waals surface area (Å²) in [7, 11) is 0. The minimum absolute atomic E-state index is 0.00970. The van der Waals surface area contributed by atoms with E-state index in [2.05, 4.69) is 10.5 Å². The second-order valence-electron chi connectivity index (χ2n) is 6.26. The lowest BCUT2D eigenvalue weighted by Gasteiger charge is -2.33. The number of carbonyl (C=O) groups is 2. The first-order valence-electron chi connectivity index (χ1n) is 7.80. The largest absolute Gasteiger partial charge is 0.465 e. The van der Waals surface area contributed by atoms with Gasteiger partial charge in [-0.2, -0.15) is 0 Å². The Hall–Kier alpha value is -2.05. The van der Waals surface area contributed by atoms with Crippen molar-refractivity contribution in [3.8, 4) is 0 Å². The summed E-state index contributed by atoms with van der Waals surface area (Å²) in [5, 5.41) is 15.7. The predicted molar refractivity (Wildman–Crippen MR) is 77.7 cm³/mol. The monoisotopic (exact) mass is 307 g/mol. The SMILES string of the molecule is CC(NC(=O)c1cc(C2CC2)on1)C1CCN(C(=O)O)CC1. The number of carboxylic acid groups (broad SMARTS) is 1. The Kier molecular flexibility index (Phi) is 4.04. The number of nitrogens with zero attached hydrogens (tertiary/aromatic N) is 2. The topological polar surface area (TPSA) is 95.7 Å². The van der Waals surface area contributed by atoms with E-state index in [0.29, 0.717) is 24.7 Å². The van der Waals surface area contributed by atoms with Crippen LogP contribution >= 0.6 is 0 Å². The zero-order chi connectivity index (χ0) is 15.7. The summed E-state index contributed by atoms with van der Waals surface area (Å²) in [5.74, 6) is 1.30. The average Bonchev–Trinajstić information content (AvgIpc) is 3.24. The van der Waals surface area contributed by atoms with Gasteiger partial charge in [0.2, 0.25) is 0 Å². The fraction of sp³-hybridized carbons (Fsp3) is 0.667. The molecule has 1 atom stereocenters. The molecular formula is C15H21N3O4. The number of aromatic nitrogens is 1. The summed E-state index contributed by atoms with van der Waals surface area (Å²) >= 11 is 0. The Morgan fingerprint density at radius 2 is 2.05 bits per heavy atom. The molecule has 1 unspecified atom stereocenters. The fourth-order valence-electron chi connectivity index (χ4n) is 2.95. The molecule has 1 aromatic rings. The molecule has 0 radical (unpaired) electrons. The van der Waals surface area contributed by atoms with Crippen LogP contribution in [-0.4, -0.2) is 46.3 Å². The Morgan fingerprint density at radius 3 is 2.64 bits per heavy atom. The van der Waals surface area contributed by atoms with Crippen molar-refractivity contribution < 1.29 is 19.2 Å². The van der Waals surface area contributed by atoms with Crippen LogP contribution in [-0.2, 0) is 0 Å². The highest BCUT2D eigenvalue weighted by Gasteiger charge is 2.30. The van der Waals surface area contributed by atoms with E-state index < -0.39 is 6.09 Å². The van der Waals surface area contributed by atoms with Crippen LogP contribution in [0.25, 0.3) is 0 Å². The van der Waals surface area contributed by atoms with Crippen molar-refractivity contribution in [1.82, 2.24) is 15.4 Å². The standard InChI is InChI=1S/C15H21N3O4/c1-9(10-4-6-18(7-5-10)15(20)21)16-14(19)12-8-13(22-17-12)11-2-3-11/h8-11H,2-7H2,1H3,(H,16,19)(H,20,21). The van der Waals surface area contributed by atoms with Crippen molar-refractivity contribution in [2.24, 2.45) is 5.92 Å². The van der Waals surface area contributed by atoms with Crippen LogP contribution in [0, 0.1) is 5.92 Å². The zero-order valence-electron chi connectivity index (χ0n) is 12.6. The third kappa shape index (κ3) is 3.23. The molecule has 0 spiro atoms. The average molecular weight is 307 g/mol. The van der Waals surface area contributed by atoms with E-state index in [1.807, 2.05) is 6.92 Å². The lowest BCUT2D eigenvalue weighted by Crippen LogP contribution is -2.45. The van der Waals surface area contributed by atoms with Gasteiger partial charge in [0.1, 0.15) is 5.76 Å². The Balaban J connectivity index is 1.51. The summed E-state index contributed by atoms with van der Waals surface area (Å²) < 4.78 is 5.19. The van der Waals surface area contributed by atoms with Crippen molar-refractivity contribution in [2.45, 2.75) is 44.6 Å². The number of hydrogen-bond acceptors (Lipinski definition) is 4. The van der Waals surface area contributed by atoms with Crippen molar-refractivity contribution in [3.05, 3.63) is 17.5 Å². The van der Waals surface area contributed by atoms with Crippen LogP contribution in [0.5, 0.6) is 0 Å². The molecule has 1 saturated heterocycles. The number of amides is 2. The number of hydrogen-bond donors (Lipinski definition) is 2. The first-order chi connectivity index (χ1) is 10.5. The molecule has 2 aliphatic rings. The van der Waals surface area contributed by atoms with Crippen molar-refractivity contribution in [3.63, 3.8) is 0 Å². The van der Waals surface area contributed by atoms with Crippen molar-refractivity contribution in [2.75, 3.05) is 13.1 Å². The van der Waals surface area contributed by atoms with Gasteiger partial charge in [0, 0.05) is 31.1 Å². The van der Waals surface area contributed by atoms with E-state index in [0.717, 1.165) is 31.4 Å². The molecule has 22 heavy (non-hydrogen) atoms. The lowest BCUT2D eigenvalue weighted by molar-refractivity contribution is 0.0882. The van der Waals surface area contributed by atoms with Gasteiger partial charge >= 0.3 is 6.09 Å². The number of likely N-dealkylation sites (tertiary alicyclic amines) is 1. The van der Waals surface area contributed by atoms with Crippen molar-refractivity contribution >= 4 is 12.0 Å². The van der Waals surface area contributed by atoms with Crippen LogP contribution < -0.4 is 5.32 Å². The highest BCUT2D eigenvalue weighted by atomic mass is 16.5. The molecule has 1 aliphatic heterocycles. The zero-order valence-corrected chi connectivity index (χ0v) is 12.6. The molecule has 3 rings (SSSR count). The Labute approximate surface area is 128 Å². The molecule has 7 heteroatoms. The van der Waals surface area contributed by atoms with Gasteiger partial charge in [-0.25, -0.2) is 4.79 Å². The Bertz CT molecular complexity index is 559. The van der Waals surface area contributed by atoms with Crippen LogP contribution in [0.3, 0.4) is 0 Å². The second-order valence-corrected chi connectivity index (χ2v) is 6.26. The molecule has 1 aromatic heterocycles. The van der Waals surface area contributed by atoms with E-state index in [-0.39, 0.29) is 17.9 Å². The molecular weight excluding hydrogens is 286 g/mol. The van der Waals surface area contributed by atoms with E-state index in [9.17, 15) is 9.59 Å². The number of nitrogens with one attached hydrogen (secondary N) is 1. The summed E-state index contributed by atoms with van der Waals surface area (Å²) in [4.78, 5) is 24.5. The van der Waals surface area contributed by atoms with Crippen LogP contribution in [0.4, 0.5) is 4.79 Å².